The number of allylic oxidation sites excluding steroid dienone is 3. The average molecular weight is 339 g/mol. The molecule has 0 radical (unpaired) electrons. The van der Waals surface area contributed by atoms with E-state index in [0.717, 1.165) is 6.42 Å². The van der Waals surface area contributed by atoms with E-state index in [0.29, 0.717) is 0 Å². The summed E-state index contributed by atoms with van der Waals surface area (Å²) in [6, 6.07) is 29.7. The van der Waals surface area contributed by atoms with Gasteiger partial charge in [0.1, 0.15) is 0 Å². The van der Waals surface area contributed by atoms with Crippen LogP contribution in [0, 0.1) is 0 Å². The molecule has 0 aromatic heterocycles. The number of hydrogen-bond donors (Lipinski definition) is 0. The summed E-state index contributed by atoms with van der Waals surface area (Å²) in [6.07, 6.45) is 7.50. The Hall–Kier alpha value is -3.06. The van der Waals surface area contributed by atoms with Crippen LogP contribution in [0.5, 0.6) is 0 Å². The summed E-state index contributed by atoms with van der Waals surface area (Å²) < 4.78 is 0. The smallest absolute Gasteiger partial charge is 0.0408 e. The van der Waals surface area contributed by atoms with Crippen LogP contribution in [0.4, 0.5) is 5.69 Å². The van der Waals surface area contributed by atoms with E-state index >= 15 is 0 Å². The van der Waals surface area contributed by atoms with Gasteiger partial charge in [-0.1, -0.05) is 84.9 Å². The highest BCUT2D eigenvalue weighted by Crippen LogP contribution is 2.24. The first-order valence-corrected chi connectivity index (χ1v) is 9.04. The Morgan fingerprint density at radius 1 is 0.769 bits per heavy atom. The summed E-state index contributed by atoms with van der Waals surface area (Å²) in [5.41, 5.74) is 6.18. The number of hydrogen-bond acceptors (Lipinski definition) is 1. The van der Waals surface area contributed by atoms with Crippen molar-refractivity contribution in [2.45, 2.75) is 13.3 Å². The minimum atomic E-state index is 0.943. The third-order valence-electron chi connectivity index (χ3n) is 4.53. The van der Waals surface area contributed by atoms with Crippen LogP contribution in [0.15, 0.2) is 109 Å². The minimum Gasteiger partial charge on any atom is -0.345 e. The molecule has 0 spiro atoms. The predicted octanol–water partition coefficient (Wildman–Crippen LogP) is 6.49. The number of benzene rings is 3. The van der Waals surface area contributed by atoms with Crippen molar-refractivity contribution >= 4 is 5.69 Å². The van der Waals surface area contributed by atoms with Gasteiger partial charge < -0.3 is 4.90 Å². The monoisotopic (exact) mass is 339 g/mol. The van der Waals surface area contributed by atoms with Crippen LogP contribution in [-0.2, 0) is 6.42 Å². The molecule has 3 aromatic rings. The van der Waals surface area contributed by atoms with Crippen molar-refractivity contribution in [3.8, 4) is 11.1 Å². The summed E-state index contributed by atoms with van der Waals surface area (Å²) >= 11 is 0. The maximum atomic E-state index is 2.22. The summed E-state index contributed by atoms with van der Waals surface area (Å²) in [7, 11) is 2.11. The number of anilines is 1. The van der Waals surface area contributed by atoms with Crippen LogP contribution in [0.2, 0.25) is 0 Å². The van der Waals surface area contributed by atoms with Gasteiger partial charge in [-0.3, -0.25) is 0 Å². The van der Waals surface area contributed by atoms with Crippen LogP contribution < -0.4 is 4.90 Å². The Balaban J connectivity index is 1.69. The first-order chi connectivity index (χ1) is 12.8. The number of likely N-dealkylation sites (N-methyl/N-ethyl adjacent to an activating group) is 1. The fraction of sp³-hybridized carbons (Fsp3) is 0.120. The van der Waals surface area contributed by atoms with Gasteiger partial charge in [-0.05, 0) is 48.2 Å². The molecule has 3 rings (SSSR count). The fourth-order valence-electron chi connectivity index (χ4n) is 2.99. The van der Waals surface area contributed by atoms with Crippen molar-refractivity contribution in [2.75, 3.05) is 11.9 Å². The van der Waals surface area contributed by atoms with Crippen molar-refractivity contribution < 1.29 is 0 Å². The van der Waals surface area contributed by atoms with E-state index in [1.165, 1.54) is 28.1 Å². The highest BCUT2D eigenvalue weighted by atomic mass is 15.1. The van der Waals surface area contributed by atoms with Crippen molar-refractivity contribution in [2.24, 2.45) is 0 Å². The molecule has 1 nitrogen and oxygen atoms in total. The van der Waals surface area contributed by atoms with E-state index in [-0.39, 0.29) is 0 Å². The van der Waals surface area contributed by atoms with Gasteiger partial charge in [-0.15, -0.1) is 0 Å². The van der Waals surface area contributed by atoms with Crippen LogP contribution in [0.1, 0.15) is 12.5 Å². The van der Waals surface area contributed by atoms with Gasteiger partial charge >= 0.3 is 0 Å². The zero-order chi connectivity index (χ0) is 18.2. The maximum absolute atomic E-state index is 2.22. The molecule has 0 aliphatic rings. The van der Waals surface area contributed by atoms with Gasteiger partial charge in [-0.2, -0.15) is 0 Å². The first kappa shape index (κ1) is 17.8. The molecule has 3 aromatic carbocycles. The Morgan fingerprint density at radius 3 is 1.96 bits per heavy atom. The van der Waals surface area contributed by atoms with Gasteiger partial charge in [0.15, 0.2) is 0 Å². The van der Waals surface area contributed by atoms with Gasteiger partial charge in [0.05, 0.1) is 0 Å². The molecule has 130 valence electrons. The molecule has 0 fully saturated rings. The van der Waals surface area contributed by atoms with Crippen molar-refractivity contribution in [3.63, 3.8) is 0 Å². The normalized spacial score (nSPS) is 11.7. The Kier molecular flexibility index (Phi) is 6.05. The van der Waals surface area contributed by atoms with E-state index in [1.807, 2.05) is 6.07 Å². The van der Waals surface area contributed by atoms with Gasteiger partial charge in [0, 0.05) is 18.4 Å². The van der Waals surface area contributed by atoms with Crippen molar-refractivity contribution in [3.05, 3.63) is 114 Å². The Bertz CT molecular complexity index is 859. The highest BCUT2D eigenvalue weighted by molar-refractivity contribution is 5.67. The molecule has 0 amide bonds. The lowest BCUT2D eigenvalue weighted by Crippen LogP contribution is -2.14. The molecule has 0 atom stereocenters. The van der Waals surface area contributed by atoms with E-state index in [1.54, 1.807) is 0 Å². The Morgan fingerprint density at radius 2 is 1.35 bits per heavy atom. The summed E-state index contributed by atoms with van der Waals surface area (Å²) in [5, 5.41) is 0. The molecule has 0 saturated carbocycles. The predicted molar refractivity (Wildman–Crippen MR) is 113 cm³/mol. The second-order valence-corrected chi connectivity index (χ2v) is 6.28. The molecule has 1 heteroatoms. The number of nitrogens with zero attached hydrogens (tertiary/aromatic N) is 1. The van der Waals surface area contributed by atoms with E-state index in [9.17, 15) is 0 Å². The minimum absolute atomic E-state index is 0.943. The summed E-state index contributed by atoms with van der Waals surface area (Å²) in [4.78, 5) is 2.22. The molecule has 0 unspecified atom stereocenters. The fourth-order valence-corrected chi connectivity index (χ4v) is 2.99. The maximum Gasteiger partial charge on any atom is 0.0408 e. The molecule has 0 bridgehead atoms. The van der Waals surface area contributed by atoms with Crippen LogP contribution in [0.3, 0.4) is 0 Å². The largest absolute Gasteiger partial charge is 0.345 e. The van der Waals surface area contributed by atoms with Crippen LogP contribution in [0.25, 0.3) is 11.1 Å². The second-order valence-electron chi connectivity index (χ2n) is 6.28. The zero-order valence-corrected chi connectivity index (χ0v) is 15.5. The average Bonchev–Trinajstić information content (AvgIpc) is 2.72. The lowest BCUT2D eigenvalue weighted by atomic mass is 10.1. The lowest BCUT2D eigenvalue weighted by molar-refractivity contribution is 1.12. The third kappa shape index (κ3) is 4.52. The van der Waals surface area contributed by atoms with Crippen LogP contribution >= 0.6 is 0 Å². The molecular weight excluding hydrogens is 314 g/mol. The topological polar surface area (TPSA) is 3.24 Å². The summed E-state index contributed by atoms with van der Waals surface area (Å²) in [6.45, 7) is 2.08. The molecule has 0 heterocycles. The zero-order valence-electron chi connectivity index (χ0n) is 15.5. The lowest BCUT2D eigenvalue weighted by Gasteiger charge is -2.21. The van der Waals surface area contributed by atoms with Crippen molar-refractivity contribution in [1.29, 1.82) is 0 Å². The molecular formula is C25H25N. The molecule has 0 aliphatic heterocycles. The summed E-state index contributed by atoms with van der Waals surface area (Å²) in [5.74, 6) is 0. The first-order valence-electron chi connectivity index (χ1n) is 9.04. The molecule has 0 saturated heterocycles. The second kappa shape index (κ2) is 8.87. The van der Waals surface area contributed by atoms with Gasteiger partial charge in [0.2, 0.25) is 0 Å². The van der Waals surface area contributed by atoms with E-state index < -0.39 is 0 Å². The SMILES string of the molecule is C/C=C(\C=C/Cc1ccccc1)N(C)c1ccc(-c2ccccc2)cc1. The highest BCUT2D eigenvalue weighted by Gasteiger charge is 2.04. The van der Waals surface area contributed by atoms with Gasteiger partial charge in [0.25, 0.3) is 0 Å². The van der Waals surface area contributed by atoms with E-state index in [4.69, 9.17) is 0 Å². The van der Waals surface area contributed by atoms with Crippen molar-refractivity contribution in [1.82, 2.24) is 0 Å². The third-order valence-corrected chi connectivity index (χ3v) is 4.53. The standard InChI is InChI=1S/C25H25N/c1-3-24(16-10-13-21-11-6-4-7-12-21)26(2)25-19-17-23(18-20-25)22-14-8-5-9-15-22/h3-12,14-20H,13H2,1-2H3/b16-10-,24-3+. The number of rotatable bonds is 6. The molecule has 26 heavy (non-hydrogen) atoms. The Labute approximate surface area is 156 Å². The quantitative estimate of drug-likeness (QED) is 0.464. The van der Waals surface area contributed by atoms with E-state index in [2.05, 4.69) is 116 Å². The van der Waals surface area contributed by atoms with Gasteiger partial charge in [-0.25, -0.2) is 0 Å². The molecule has 0 aliphatic carbocycles. The molecule has 0 N–H and O–H groups in total. The van der Waals surface area contributed by atoms with Crippen LogP contribution in [-0.4, -0.2) is 7.05 Å².